The van der Waals surface area contributed by atoms with Gasteiger partial charge in [0.05, 0.1) is 34.4 Å². The highest BCUT2D eigenvalue weighted by atomic mass is 35.5. The first kappa shape index (κ1) is 34.8. The second kappa shape index (κ2) is 17.6. The van der Waals surface area contributed by atoms with E-state index < -0.39 is 0 Å². The Kier molecular flexibility index (Phi) is 13.3. The molecule has 0 bridgehead atoms. The van der Waals surface area contributed by atoms with Crippen LogP contribution in [0.25, 0.3) is 17.3 Å². The average molecular weight is 665 g/mol. The van der Waals surface area contributed by atoms with E-state index in [4.69, 9.17) is 41.9 Å². The summed E-state index contributed by atoms with van der Waals surface area (Å²) in [5.41, 5.74) is 4.48. The maximum Gasteiger partial charge on any atom is 0.338 e. The molecule has 0 radical (unpaired) electrons. The van der Waals surface area contributed by atoms with Gasteiger partial charge in [0, 0.05) is 17.5 Å². The van der Waals surface area contributed by atoms with E-state index in [1.165, 1.54) is 0 Å². The van der Waals surface area contributed by atoms with Gasteiger partial charge < -0.3 is 18.7 Å². The maximum absolute atomic E-state index is 12.1. The number of hydrogen-bond acceptors (Lipinski definition) is 7. The zero-order valence-corrected chi connectivity index (χ0v) is 27.9. The lowest BCUT2D eigenvalue weighted by atomic mass is 9.92. The van der Waals surface area contributed by atoms with Gasteiger partial charge in [0.15, 0.2) is 0 Å². The lowest BCUT2D eigenvalue weighted by Crippen LogP contribution is -2.06. The number of esters is 2. The molecule has 1 heterocycles. The molecule has 0 aliphatic heterocycles. The second-order valence-corrected chi connectivity index (χ2v) is 11.6. The average Bonchev–Trinajstić information content (AvgIpc) is 3.40. The number of carbonyl (C=O) groups excluding carboxylic acids is 2. The van der Waals surface area contributed by atoms with Crippen molar-refractivity contribution in [1.82, 2.24) is 5.16 Å². The summed E-state index contributed by atoms with van der Waals surface area (Å²) in [5.74, 6) is 1.01. The van der Waals surface area contributed by atoms with E-state index in [0.29, 0.717) is 58.0 Å². The van der Waals surface area contributed by atoms with E-state index in [1.807, 2.05) is 50.2 Å². The van der Waals surface area contributed by atoms with Crippen LogP contribution in [0.4, 0.5) is 0 Å². The first-order valence-corrected chi connectivity index (χ1v) is 16.3. The highest BCUT2D eigenvalue weighted by Crippen LogP contribution is 2.37. The summed E-state index contributed by atoms with van der Waals surface area (Å²) < 4.78 is 22.0. The predicted octanol–water partition coefficient (Wildman–Crippen LogP) is 9.71. The summed E-state index contributed by atoms with van der Waals surface area (Å²) in [6.45, 7) is 6.37. The van der Waals surface area contributed by atoms with Crippen molar-refractivity contribution < 1.29 is 28.3 Å². The molecule has 7 nitrogen and oxygen atoms in total. The van der Waals surface area contributed by atoms with Gasteiger partial charge in [-0.25, -0.2) is 4.79 Å². The Morgan fingerprint density at radius 3 is 2.35 bits per heavy atom. The Hall–Kier alpha value is -4.07. The molecule has 9 heteroatoms. The Morgan fingerprint density at radius 2 is 1.63 bits per heavy atom. The summed E-state index contributed by atoms with van der Waals surface area (Å²) in [6, 6.07) is 20.7. The number of carbonyl (C=O) groups is 2. The van der Waals surface area contributed by atoms with Crippen LogP contribution in [-0.4, -0.2) is 30.3 Å². The molecular weight excluding hydrogens is 625 g/mol. The number of hydrogen-bond donors (Lipinski definition) is 0. The lowest BCUT2D eigenvalue weighted by molar-refractivity contribution is -0.143. The number of allylic oxidation sites excluding steroid dienone is 1. The van der Waals surface area contributed by atoms with Gasteiger partial charge in [0.1, 0.15) is 23.8 Å². The fraction of sp³-hybridized carbons (Fsp3) is 0.324. The van der Waals surface area contributed by atoms with Crippen LogP contribution in [0, 0.1) is 12.8 Å². The Morgan fingerprint density at radius 1 is 0.913 bits per heavy atom. The largest absolute Gasteiger partial charge is 0.488 e. The minimum atomic E-state index is -0.329. The molecule has 1 atom stereocenters. The van der Waals surface area contributed by atoms with Gasteiger partial charge in [-0.1, -0.05) is 83.3 Å². The summed E-state index contributed by atoms with van der Waals surface area (Å²) >= 11 is 12.9. The molecule has 0 N–H and O–H groups in total. The van der Waals surface area contributed by atoms with Crippen molar-refractivity contribution in [3.63, 3.8) is 0 Å². The number of ether oxygens (including phenoxy) is 3. The van der Waals surface area contributed by atoms with Gasteiger partial charge in [-0.15, -0.1) is 0 Å². The molecule has 0 aliphatic carbocycles. The monoisotopic (exact) mass is 663 g/mol. The van der Waals surface area contributed by atoms with Crippen LogP contribution in [0.1, 0.15) is 72.3 Å². The third-order valence-electron chi connectivity index (χ3n) is 7.50. The third kappa shape index (κ3) is 9.71. The van der Waals surface area contributed by atoms with Crippen LogP contribution in [0.3, 0.4) is 0 Å². The molecule has 46 heavy (non-hydrogen) atoms. The van der Waals surface area contributed by atoms with E-state index in [2.05, 4.69) is 17.3 Å². The van der Waals surface area contributed by atoms with E-state index >= 15 is 0 Å². The number of aromatic nitrogens is 1. The molecule has 0 aliphatic rings. The van der Waals surface area contributed by atoms with E-state index in [-0.39, 0.29) is 24.5 Å². The Bertz CT molecular complexity index is 1610. The van der Waals surface area contributed by atoms with Crippen molar-refractivity contribution in [1.29, 1.82) is 0 Å². The number of nitrogens with zero attached hydrogens (tertiary/aromatic N) is 1. The summed E-state index contributed by atoms with van der Waals surface area (Å²) in [6.07, 6.45) is 7.92. The van der Waals surface area contributed by atoms with Gasteiger partial charge in [-0.05, 0) is 81.8 Å². The van der Waals surface area contributed by atoms with Crippen molar-refractivity contribution in [2.75, 3.05) is 13.2 Å². The van der Waals surface area contributed by atoms with Crippen molar-refractivity contribution in [2.24, 2.45) is 5.92 Å². The number of aryl methyl sites for hydroxylation is 1. The smallest absolute Gasteiger partial charge is 0.338 e. The molecule has 0 saturated heterocycles. The van der Waals surface area contributed by atoms with E-state index in [9.17, 15) is 9.59 Å². The van der Waals surface area contributed by atoms with Crippen LogP contribution >= 0.6 is 23.2 Å². The summed E-state index contributed by atoms with van der Waals surface area (Å²) in [4.78, 5) is 24.0. The molecule has 4 aromatic rings. The number of benzene rings is 3. The highest BCUT2D eigenvalue weighted by Gasteiger charge is 2.20. The quantitative estimate of drug-likeness (QED) is 0.0871. The fourth-order valence-electron chi connectivity index (χ4n) is 5.09. The van der Waals surface area contributed by atoms with Gasteiger partial charge in [-0.3, -0.25) is 4.79 Å². The maximum atomic E-state index is 12.1. The summed E-state index contributed by atoms with van der Waals surface area (Å²) in [5, 5.41) is 5.19. The van der Waals surface area contributed by atoms with Crippen LogP contribution in [0.2, 0.25) is 10.0 Å². The van der Waals surface area contributed by atoms with E-state index in [0.717, 1.165) is 42.4 Å². The summed E-state index contributed by atoms with van der Waals surface area (Å²) in [7, 11) is 0. The number of para-hydroxylation sites is 1. The molecule has 3 aromatic carbocycles. The van der Waals surface area contributed by atoms with E-state index in [1.54, 1.807) is 37.3 Å². The zero-order chi connectivity index (χ0) is 32.9. The number of halogens is 2. The predicted molar refractivity (Wildman–Crippen MR) is 181 cm³/mol. The normalized spacial score (nSPS) is 11.8. The van der Waals surface area contributed by atoms with Crippen molar-refractivity contribution in [3.05, 3.63) is 111 Å². The van der Waals surface area contributed by atoms with Crippen molar-refractivity contribution >= 4 is 41.2 Å². The van der Waals surface area contributed by atoms with Crippen LogP contribution in [0.15, 0.2) is 77.3 Å². The van der Waals surface area contributed by atoms with Crippen molar-refractivity contribution in [2.45, 2.75) is 59.5 Å². The molecule has 0 spiro atoms. The molecule has 0 fully saturated rings. The Balaban J connectivity index is 1.50. The molecule has 1 aromatic heterocycles. The third-order valence-corrected chi connectivity index (χ3v) is 8.13. The molecule has 242 valence electrons. The second-order valence-electron chi connectivity index (χ2n) is 10.8. The first-order chi connectivity index (χ1) is 22.3. The van der Waals surface area contributed by atoms with Gasteiger partial charge in [0.25, 0.3) is 0 Å². The Labute approximate surface area is 280 Å². The SMILES string of the molecule is CCOC(=O)CCCCC(/C=C/c1ccccc1OCc1c(-c2c(Cl)cccc2Cl)noc1C)Cc1ccc(C(=O)OCC)cc1. The van der Waals surface area contributed by atoms with Gasteiger partial charge in [0.2, 0.25) is 0 Å². The molecule has 0 amide bonds. The molecule has 1 unspecified atom stereocenters. The number of unbranched alkanes of at least 4 members (excludes halogenated alkanes) is 1. The zero-order valence-electron chi connectivity index (χ0n) is 26.4. The molecule has 4 rings (SSSR count). The molecular formula is C37H39Cl2NO6. The first-order valence-electron chi connectivity index (χ1n) is 15.5. The van der Waals surface area contributed by atoms with Crippen LogP contribution < -0.4 is 4.74 Å². The van der Waals surface area contributed by atoms with Crippen molar-refractivity contribution in [3.8, 4) is 17.0 Å². The minimum Gasteiger partial charge on any atom is -0.488 e. The highest BCUT2D eigenvalue weighted by molar-refractivity contribution is 6.39. The van der Waals surface area contributed by atoms with Crippen LogP contribution in [0.5, 0.6) is 5.75 Å². The fourth-order valence-corrected chi connectivity index (χ4v) is 5.67. The number of rotatable bonds is 16. The van der Waals surface area contributed by atoms with Crippen LogP contribution in [-0.2, 0) is 27.3 Å². The topological polar surface area (TPSA) is 87.9 Å². The van der Waals surface area contributed by atoms with Gasteiger partial charge in [-0.2, -0.15) is 0 Å². The minimum absolute atomic E-state index is 0.168. The lowest BCUT2D eigenvalue weighted by Gasteiger charge is -2.15. The standard InChI is InChI=1S/C37H39Cl2NO6/c1-4-43-34(41)16-9-6-11-26(23-27-18-21-29(22-19-27)37(42)44-5-2)17-20-28-12-7-8-15-33(28)45-24-30-25(3)46-40-36(30)35-31(38)13-10-14-32(35)39/h7-8,10,12-15,17-22,26H,4-6,9,11,16,23-24H2,1-3H3/b20-17+. The van der Waals surface area contributed by atoms with Gasteiger partial charge >= 0.3 is 11.9 Å². The molecule has 0 saturated carbocycles.